The van der Waals surface area contributed by atoms with Crippen LogP contribution < -0.4 is 15.8 Å². The molecule has 204 valence electrons. The molecule has 0 saturated heterocycles. The summed E-state index contributed by atoms with van der Waals surface area (Å²) in [7, 11) is 0. The molecule has 0 spiro atoms. The van der Waals surface area contributed by atoms with Crippen molar-refractivity contribution in [3.8, 4) is 5.75 Å². The van der Waals surface area contributed by atoms with Crippen molar-refractivity contribution in [2.75, 3.05) is 13.2 Å². The lowest BCUT2D eigenvalue weighted by Crippen LogP contribution is -2.46. The van der Waals surface area contributed by atoms with Crippen LogP contribution in [0.2, 0.25) is 0 Å². The largest absolute Gasteiger partial charge is 0.481 e. The smallest absolute Gasteiger partial charge is 0.325 e. The molecular weight excluding hydrogens is 472 g/mol. The highest BCUT2D eigenvalue weighted by molar-refractivity contribution is 5.85. The van der Waals surface area contributed by atoms with Gasteiger partial charge in [0.25, 0.3) is 5.97 Å². The summed E-state index contributed by atoms with van der Waals surface area (Å²) in [4.78, 5) is 55.2. The van der Waals surface area contributed by atoms with Crippen molar-refractivity contribution in [2.45, 2.75) is 73.5 Å². The van der Waals surface area contributed by atoms with E-state index in [9.17, 15) is 19.2 Å². The SMILES string of the molecule is CC(=O)O.CC(=O)Oc1ccc(CC(=O)OCC(C)OC(=O)CNC(=O)C(N)C(C)C)cc1.CCC. The van der Waals surface area contributed by atoms with Gasteiger partial charge in [-0.15, -0.1) is 0 Å². The third-order valence-electron chi connectivity index (χ3n) is 3.77. The molecule has 0 fully saturated rings. The molecule has 2 unspecified atom stereocenters. The van der Waals surface area contributed by atoms with Crippen LogP contribution in [0.1, 0.15) is 60.5 Å². The number of carbonyl (C=O) groups is 5. The van der Waals surface area contributed by atoms with Crippen molar-refractivity contribution < 1.29 is 43.3 Å². The zero-order valence-electron chi connectivity index (χ0n) is 22.2. The van der Waals surface area contributed by atoms with Gasteiger partial charge in [-0.3, -0.25) is 24.0 Å². The number of hydrogen-bond donors (Lipinski definition) is 3. The Morgan fingerprint density at radius 2 is 1.47 bits per heavy atom. The highest BCUT2D eigenvalue weighted by Gasteiger charge is 2.19. The molecular formula is C25H40N2O9. The summed E-state index contributed by atoms with van der Waals surface area (Å²) < 4.78 is 15.1. The Bertz CT molecular complexity index is 819. The molecule has 0 heterocycles. The molecule has 1 amide bonds. The maximum absolute atomic E-state index is 11.9. The first-order valence-electron chi connectivity index (χ1n) is 11.6. The molecule has 1 aromatic carbocycles. The fourth-order valence-corrected chi connectivity index (χ4v) is 2.15. The standard InChI is InChI=1S/C20H28N2O7.C3H8.C2H4O2/c1-12(2)19(21)20(26)22-10-18(25)28-13(3)11-27-17(24)9-15-5-7-16(8-6-15)29-14(4)23;1-3-2;1-2(3)4/h5-8,12-13,19H,9-11,21H2,1-4H3,(H,22,26);3H2,1-2H3;1H3,(H,3,4). The average Bonchev–Trinajstić information content (AvgIpc) is 2.76. The molecule has 0 aliphatic rings. The number of ether oxygens (including phenoxy) is 3. The second-order valence-corrected chi connectivity index (χ2v) is 8.11. The lowest BCUT2D eigenvalue weighted by Gasteiger charge is -2.16. The summed E-state index contributed by atoms with van der Waals surface area (Å²) in [6.45, 7) is 11.4. The van der Waals surface area contributed by atoms with Gasteiger partial charge in [-0.1, -0.05) is 46.2 Å². The predicted molar refractivity (Wildman–Crippen MR) is 133 cm³/mol. The van der Waals surface area contributed by atoms with E-state index in [-0.39, 0.29) is 25.5 Å². The van der Waals surface area contributed by atoms with E-state index in [1.165, 1.54) is 13.3 Å². The zero-order valence-corrected chi connectivity index (χ0v) is 22.2. The number of rotatable bonds is 10. The maximum atomic E-state index is 11.9. The fraction of sp³-hybridized carbons (Fsp3) is 0.560. The number of hydrogen-bond acceptors (Lipinski definition) is 9. The van der Waals surface area contributed by atoms with Gasteiger partial charge in [0.1, 0.15) is 25.0 Å². The van der Waals surface area contributed by atoms with Gasteiger partial charge in [0, 0.05) is 13.8 Å². The van der Waals surface area contributed by atoms with Crippen LogP contribution in [0.25, 0.3) is 0 Å². The first-order chi connectivity index (χ1) is 16.7. The monoisotopic (exact) mass is 512 g/mol. The van der Waals surface area contributed by atoms with E-state index < -0.39 is 41.9 Å². The molecule has 4 N–H and O–H groups in total. The van der Waals surface area contributed by atoms with Crippen LogP contribution in [0.15, 0.2) is 24.3 Å². The van der Waals surface area contributed by atoms with Crippen LogP contribution >= 0.6 is 0 Å². The molecule has 0 bridgehead atoms. The van der Waals surface area contributed by atoms with E-state index in [0.717, 1.165) is 6.92 Å². The van der Waals surface area contributed by atoms with E-state index in [1.54, 1.807) is 45.0 Å². The maximum Gasteiger partial charge on any atom is 0.325 e. The summed E-state index contributed by atoms with van der Waals surface area (Å²) in [5, 5.41) is 9.82. The minimum Gasteiger partial charge on any atom is -0.481 e. The van der Waals surface area contributed by atoms with Crippen LogP contribution in [-0.2, 0) is 39.9 Å². The van der Waals surface area contributed by atoms with Crippen LogP contribution in [0.4, 0.5) is 0 Å². The molecule has 11 nitrogen and oxygen atoms in total. The van der Waals surface area contributed by atoms with Crippen LogP contribution in [0, 0.1) is 5.92 Å². The molecule has 11 heteroatoms. The second kappa shape index (κ2) is 19.8. The number of aliphatic carboxylic acids is 1. The van der Waals surface area contributed by atoms with Gasteiger partial charge < -0.3 is 30.4 Å². The molecule has 1 aromatic rings. The lowest BCUT2D eigenvalue weighted by molar-refractivity contribution is -0.157. The number of carbonyl (C=O) groups excluding carboxylic acids is 4. The lowest BCUT2D eigenvalue weighted by atomic mass is 10.1. The van der Waals surface area contributed by atoms with Gasteiger partial charge >= 0.3 is 17.9 Å². The van der Waals surface area contributed by atoms with Gasteiger partial charge in [-0.05, 0) is 30.5 Å². The number of nitrogens with one attached hydrogen (secondary N) is 1. The van der Waals surface area contributed by atoms with E-state index in [1.807, 2.05) is 0 Å². The fourth-order valence-electron chi connectivity index (χ4n) is 2.15. The van der Waals surface area contributed by atoms with Gasteiger partial charge in [0.15, 0.2) is 0 Å². The Morgan fingerprint density at radius 3 is 1.92 bits per heavy atom. The van der Waals surface area contributed by atoms with Crippen molar-refractivity contribution >= 4 is 29.8 Å². The number of nitrogens with two attached hydrogens (primary N) is 1. The Labute approximate surface area is 212 Å². The van der Waals surface area contributed by atoms with Crippen LogP contribution in [-0.4, -0.2) is 60.2 Å². The summed E-state index contributed by atoms with van der Waals surface area (Å²) in [5.74, 6) is -2.51. The first kappa shape index (κ1) is 34.7. The zero-order chi connectivity index (χ0) is 28.3. The Morgan fingerprint density at radius 1 is 0.972 bits per heavy atom. The Balaban J connectivity index is 0. The molecule has 0 aromatic heterocycles. The molecule has 36 heavy (non-hydrogen) atoms. The molecule has 0 aliphatic heterocycles. The van der Waals surface area contributed by atoms with Gasteiger partial charge in [-0.2, -0.15) is 0 Å². The van der Waals surface area contributed by atoms with E-state index >= 15 is 0 Å². The summed E-state index contributed by atoms with van der Waals surface area (Å²) >= 11 is 0. The third kappa shape index (κ3) is 20.0. The quantitative estimate of drug-likeness (QED) is 0.312. The van der Waals surface area contributed by atoms with E-state index in [4.69, 9.17) is 29.8 Å². The topological polar surface area (TPSA) is 171 Å². The summed E-state index contributed by atoms with van der Waals surface area (Å²) in [5.41, 5.74) is 6.36. The van der Waals surface area contributed by atoms with Crippen LogP contribution in [0.5, 0.6) is 5.75 Å². The minimum absolute atomic E-state index is 0.0180. The van der Waals surface area contributed by atoms with E-state index in [0.29, 0.717) is 11.3 Å². The summed E-state index contributed by atoms with van der Waals surface area (Å²) in [6.07, 6.45) is 0.595. The van der Waals surface area contributed by atoms with Crippen molar-refractivity contribution in [3.63, 3.8) is 0 Å². The highest BCUT2D eigenvalue weighted by Crippen LogP contribution is 2.13. The average molecular weight is 513 g/mol. The predicted octanol–water partition coefficient (Wildman–Crippen LogP) is 2.24. The minimum atomic E-state index is -0.833. The van der Waals surface area contributed by atoms with Gasteiger partial charge in [-0.25, -0.2) is 0 Å². The number of carboxylic acids is 1. The second-order valence-electron chi connectivity index (χ2n) is 8.11. The van der Waals surface area contributed by atoms with Crippen molar-refractivity contribution in [1.29, 1.82) is 0 Å². The third-order valence-corrected chi connectivity index (χ3v) is 3.77. The number of benzene rings is 1. The molecule has 0 aliphatic carbocycles. The molecule has 0 saturated carbocycles. The Hall–Kier alpha value is -3.47. The number of carboxylic acid groups (broad SMARTS) is 1. The van der Waals surface area contributed by atoms with E-state index in [2.05, 4.69) is 19.2 Å². The van der Waals surface area contributed by atoms with Crippen molar-refractivity contribution in [3.05, 3.63) is 29.8 Å². The molecule has 2 atom stereocenters. The highest BCUT2D eigenvalue weighted by atomic mass is 16.6. The van der Waals surface area contributed by atoms with Crippen molar-refractivity contribution in [1.82, 2.24) is 5.32 Å². The van der Waals surface area contributed by atoms with Crippen molar-refractivity contribution in [2.24, 2.45) is 11.7 Å². The molecule has 1 rings (SSSR count). The van der Waals surface area contributed by atoms with Crippen LogP contribution in [0.3, 0.4) is 0 Å². The number of amides is 1. The first-order valence-corrected chi connectivity index (χ1v) is 11.6. The normalized spacial score (nSPS) is 11.4. The molecule has 0 radical (unpaired) electrons. The van der Waals surface area contributed by atoms with Gasteiger partial charge in [0.05, 0.1) is 12.5 Å². The van der Waals surface area contributed by atoms with Gasteiger partial charge in [0.2, 0.25) is 5.91 Å². The Kier molecular flexibility index (Phi) is 19.1. The number of esters is 3. The summed E-state index contributed by atoms with van der Waals surface area (Å²) in [6, 6.07) is 5.74.